The lowest BCUT2D eigenvalue weighted by molar-refractivity contribution is -0.164. The molecule has 1 aliphatic heterocycles. The number of methoxy groups -OCH3 is 1. The number of rotatable bonds is 11. The molecule has 1 fully saturated rings. The number of nitrogens with zero attached hydrogens (tertiary/aromatic N) is 3. The number of amides is 3. The van der Waals surface area contributed by atoms with Crippen molar-refractivity contribution in [3.8, 4) is 5.75 Å². The van der Waals surface area contributed by atoms with Crippen LogP contribution < -0.4 is 10.1 Å². The number of nitrogens with one attached hydrogen (secondary N) is 1. The van der Waals surface area contributed by atoms with E-state index in [1.807, 2.05) is 53.8 Å². The third-order valence-electron chi connectivity index (χ3n) is 6.55. The Bertz CT molecular complexity index is 1020. The van der Waals surface area contributed by atoms with Gasteiger partial charge in [0.15, 0.2) is 0 Å². The van der Waals surface area contributed by atoms with Crippen molar-refractivity contribution in [2.45, 2.75) is 86.0 Å². The average Bonchev–Trinajstić information content (AvgIpc) is 3.04. The van der Waals surface area contributed by atoms with Crippen LogP contribution in [0.5, 0.6) is 5.75 Å². The van der Waals surface area contributed by atoms with Crippen LogP contribution in [-0.2, 0) is 27.3 Å². The molecular weight excluding hydrogens is 535 g/mol. The van der Waals surface area contributed by atoms with Crippen LogP contribution in [0.4, 0.5) is 4.39 Å². The summed E-state index contributed by atoms with van der Waals surface area (Å²) in [5, 5.41) is 3.08. The minimum absolute atomic E-state index is 0.0867. The molecule has 1 aliphatic rings. The number of piperazine rings is 1. The standard InChI is InChI=1S/C20H28FN3O3.C9H13NO.2C2H6/c1-4-6-17-20(27)23(12-11-15-7-9-16(21)10-8-15)13-18(22(3)14-25)24(17)19(26)5-2;1-10-7-8-3-5-9(11-2)6-4-8;2*1-2/h7-10,14,17-18H,4-6,11-13H2,1-3H3;3-6,10H,7H2,1-2H3;2*1-2H3/t17-,18?;;;/m0.../s1. The molecule has 3 amide bonds. The molecule has 2 atom stereocenters. The molecule has 8 nitrogen and oxygen atoms in total. The third-order valence-corrected chi connectivity index (χ3v) is 6.55. The van der Waals surface area contributed by atoms with Crippen LogP contribution in [0.15, 0.2) is 48.5 Å². The Morgan fingerprint density at radius 2 is 1.62 bits per heavy atom. The molecule has 1 N–H and O–H groups in total. The van der Waals surface area contributed by atoms with Crippen LogP contribution in [-0.4, -0.2) is 79.4 Å². The lowest BCUT2D eigenvalue weighted by Crippen LogP contribution is -2.67. The fourth-order valence-corrected chi connectivity index (χ4v) is 4.43. The Hall–Kier alpha value is -3.46. The largest absolute Gasteiger partial charge is 0.497 e. The summed E-state index contributed by atoms with van der Waals surface area (Å²) in [7, 11) is 5.24. The third kappa shape index (κ3) is 12.2. The van der Waals surface area contributed by atoms with E-state index in [4.69, 9.17) is 4.74 Å². The lowest BCUT2D eigenvalue weighted by atomic mass is 10.0. The molecule has 0 saturated carbocycles. The SMILES string of the molecule is CC.CC.CCC[C@H]1C(=O)N(CCc2ccc(F)cc2)CC(N(C)C=O)N1C(=O)CC.CNCc1ccc(OC)cc1. The van der Waals surface area contributed by atoms with Crippen molar-refractivity contribution in [1.29, 1.82) is 0 Å². The van der Waals surface area contributed by atoms with E-state index in [0.717, 1.165) is 24.3 Å². The highest BCUT2D eigenvalue weighted by Crippen LogP contribution is 2.24. The van der Waals surface area contributed by atoms with Crippen molar-refractivity contribution >= 4 is 18.2 Å². The van der Waals surface area contributed by atoms with Crippen LogP contribution in [0.25, 0.3) is 0 Å². The van der Waals surface area contributed by atoms with Gasteiger partial charge in [0.25, 0.3) is 0 Å². The minimum atomic E-state index is -0.559. The van der Waals surface area contributed by atoms with E-state index in [-0.39, 0.29) is 30.6 Å². The molecule has 0 spiro atoms. The maximum Gasteiger partial charge on any atom is 0.245 e. The first-order valence-corrected chi connectivity index (χ1v) is 15.1. The molecule has 0 aromatic heterocycles. The summed E-state index contributed by atoms with van der Waals surface area (Å²) >= 11 is 0. The minimum Gasteiger partial charge on any atom is -0.497 e. The summed E-state index contributed by atoms with van der Waals surface area (Å²) in [4.78, 5) is 41.7. The van der Waals surface area contributed by atoms with E-state index in [2.05, 4.69) is 17.4 Å². The Kier molecular flexibility index (Phi) is 20.4. The van der Waals surface area contributed by atoms with E-state index in [1.165, 1.54) is 22.6 Å². The van der Waals surface area contributed by atoms with Gasteiger partial charge in [-0.15, -0.1) is 0 Å². The number of carbonyl (C=O) groups excluding carboxylic acids is 3. The van der Waals surface area contributed by atoms with Crippen LogP contribution in [0.3, 0.4) is 0 Å². The van der Waals surface area contributed by atoms with Gasteiger partial charge in [0.05, 0.1) is 13.7 Å². The lowest BCUT2D eigenvalue weighted by Gasteiger charge is -2.48. The van der Waals surface area contributed by atoms with E-state index >= 15 is 0 Å². The second-order valence-electron chi connectivity index (χ2n) is 9.25. The second kappa shape index (κ2) is 22.2. The van der Waals surface area contributed by atoms with Gasteiger partial charge < -0.3 is 24.8 Å². The predicted octanol–water partition coefficient (Wildman–Crippen LogP) is 5.50. The van der Waals surface area contributed by atoms with Crippen LogP contribution in [0, 0.1) is 5.82 Å². The van der Waals surface area contributed by atoms with Crippen LogP contribution in [0.2, 0.25) is 0 Å². The molecule has 0 bridgehead atoms. The summed E-state index contributed by atoms with van der Waals surface area (Å²) < 4.78 is 18.1. The zero-order valence-corrected chi connectivity index (χ0v) is 27.2. The van der Waals surface area contributed by atoms with Crippen LogP contribution in [0.1, 0.15) is 71.9 Å². The first-order chi connectivity index (χ1) is 20.3. The van der Waals surface area contributed by atoms with Crippen molar-refractivity contribution in [2.75, 3.05) is 34.3 Å². The molecule has 1 unspecified atom stereocenters. The smallest absolute Gasteiger partial charge is 0.245 e. The van der Waals surface area contributed by atoms with Crippen molar-refractivity contribution in [2.24, 2.45) is 0 Å². The first kappa shape index (κ1) is 38.5. The van der Waals surface area contributed by atoms with Gasteiger partial charge in [0, 0.05) is 26.6 Å². The van der Waals surface area contributed by atoms with Gasteiger partial charge in [-0.3, -0.25) is 14.4 Å². The van der Waals surface area contributed by atoms with Crippen molar-refractivity contribution in [3.05, 3.63) is 65.5 Å². The highest BCUT2D eigenvalue weighted by atomic mass is 19.1. The van der Waals surface area contributed by atoms with Gasteiger partial charge in [0.1, 0.15) is 23.8 Å². The number of hydrogen-bond acceptors (Lipinski definition) is 5. The topological polar surface area (TPSA) is 82.2 Å². The fraction of sp³-hybridized carbons (Fsp3) is 0.545. The molecule has 2 aromatic carbocycles. The second-order valence-corrected chi connectivity index (χ2v) is 9.25. The first-order valence-electron chi connectivity index (χ1n) is 15.1. The number of benzene rings is 2. The van der Waals surface area contributed by atoms with Gasteiger partial charge in [-0.2, -0.15) is 0 Å². The summed E-state index contributed by atoms with van der Waals surface area (Å²) in [6, 6.07) is 13.7. The molecular formula is C33H53FN4O4. The van der Waals surface area contributed by atoms with Crippen molar-refractivity contribution < 1.29 is 23.5 Å². The maximum absolute atomic E-state index is 13.1. The quantitative estimate of drug-likeness (QED) is 0.351. The number of ether oxygens (including phenoxy) is 1. The Morgan fingerprint density at radius 3 is 2.10 bits per heavy atom. The molecule has 3 rings (SSSR count). The number of halogens is 1. The van der Waals surface area contributed by atoms with E-state index in [9.17, 15) is 18.8 Å². The molecule has 9 heteroatoms. The highest BCUT2D eigenvalue weighted by molar-refractivity contribution is 5.89. The predicted molar refractivity (Wildman–Crippen MR) is 169 cm³/mol. The Labute approximate surface area is 253 Å². The van der Waals surface area contributed by atoms with E-state index < -0.39 is 12.2 Å². The monoisotopic (exact) mass is 588 g/mol. The highest BCUT2D eigenvalue weighted by Gasteiger charge is 2.43. The van der Waals surface area contributed by atoms with Gasteiger partial charge in [-0.1, -0.05) is 72.2 Å². The van der Waals surface area contributed by atoms with Gasteiger partial charge in [0.2, 0.25) is 18.2 Å². The normalized spacial score (nSPS) is 15.6. The summed E-state index contributed by atoms with van der Waals surface area (Å²) in [5.41, 5.74) is 2.21. The molecule has 236 valence electrons. The molecule has 42 heavy (non-hydrogen) atoms. The maximum atomic E-state index is 13.1. The van der Waals surface area contributed by atoms with Gasteiger partial charge in [-0.05, 0) is 55.3 Å². The fourth-order valence-electron chi connectivity index (χ4n) is 4.43. The van der Waals surface area contributed by atoms with Crippen LogP contribution >= 0.6 is 0 Å². The molecule has 0 aliphatic carbocycles. The molecule has 1 heterocycles. The van der Waals surface area contributed by atoms with E-state index in [0.29, 0.717) is 25.8 Å². The van der Waals surface area contributed by atoms with Gasteiger partial charge in [-0.25, -0.2) is 4.39 Å². The van der Waals surface area contributed by atoms with E-state index in [1.54, 1.807) is 43.0 Å². The Morgan fingerprint density at radius 1 is 1.05 bits per heavy atom. The zero-order chi connectivity index (χ0) is 32.1. The number of carbonyl (C=O) groups is 3. The summed E-state index contributed by atoms with van der Waals surface area (Å²) in [5.74, 6) is 0.400. The van der Waals surface area contributed by atoms with Crippen molar-refractivity contribution in [1.82, 2.24) is 20.0 Å². The molecule has 2 aromatic rings. The average molecular weight is 589 g/mol. The molecule has 1 saturated heterocycles. The summed E-state index contributed by atoms with van der Waals surface area (Å²) in [6.07, 6.45) is 2.40. The Balaban J connectivity index is 0.000000931. The zero-order valence-electron chi connectivity index (χ0n) is 27.2. The molecule has 0 radical (unpaired) electrons. The number of hydrogen-bond donors (Lipinski definition) is 1. The number of likely N-dealkylation sites (N-methyl/N-ethyl adjacent to an activating group) is 1. The summed E-state index contributed by atoms with van der Waals surface area (Å²) in [6.45, 7) is 13.4. The van der Waals surface area contributed by atoms with Gasteiger partial charge >= 0.3 is 0 Å². The van der Waals surface area contributed by atoms with Crippen molar-refractivity contribution in [3.63, 3.8) is 0 Å².